The van der Waals surface area contributed by atoms with Crippen LogP contribution in [0.4, 0.5) is 0 Å². The van der Waals surface area contributed by atoms with Crippen LogP contribution in [-0.2, 0) is 31.6 Å². The zero-order valence-electron chi connectivity index (χ0n) is 17.9. The smallest absolute Gasteiger partial charge is 0.790 e. The SMILES string of the molecule is Cc1cn([C@H]2CC[C@@H](COP(=O)([O-])OP(=O)([O-])OP(=O)([O-])[O-])O2)c(=O)[nH]c1=O.[Na+].[Na+].[Na+].[Na+]. The first-order chi connectivity index (χ1) is 12.7. The second-order valence-corrected chi connectivity index (χ2v) is 9.82. The first kappa shape index (κ1) is 39.6. The number of phosphoric acid groups is 3. The van der Waals surface area contributed by atoms with Crippen LogP contribution in [0.1, 0.15) is 24.6 Å². The number of rotatable bonds is 8. The van der Waals surface area contributed by atoms with Gasteiger partial charge in [0.15, 0.2) is 0 Å². The van der Waals surface area contributed by atoms with Gasteiger partial charge in [-0.15, -0.1) is 0 Å². The van der Waals surface area contributed by atoms with Gasteiger partial charge in [-0.05, 0) is 19.8 Å². The summed E-state index contributed by atoms with van der Waals surface area (Å²) >= 11 is 0. The monoisotopic (exact) mass is 554 g/mol. The van der Waals surface area contributed by atoms with E-state index in [4.69, 9.17) is 4.74 Å². The molecule has 1 N–H and O–H groups in total. The van der Waals surface area contributed by atoms with Crippen molar-refractivity contribution >= 4 is 23.5 Å². The third-order valence-corrected chi connectivity index (χ3v) is 7.03. The van der Waals surface area contributed by atoms with Gasteiger partial charge >= 0.3 is 124 Å². The Balaban J connectivity index is -0.00000210. The number of aromatic nitrogens is 2. The van der Waals surface area contributed by atoms with Gasteiger partial charge < -0.3 is 33.4 Å². The van der Waals surface area contributed by atoms with E-state index in [1.165, 1.54) is 13.1 Å². The summed E-state index contributed by atoms with van der Waals surface area (Å²) < 4.78 is 50.0. The predicted octanol–water partition coefficient (Wildman–Crippen LogP) is -14.6. The van der Waals surface area contributed by atoms with Gasteiger partial charge in [0.2, 0.25) is 0 Å². The Kier molecular flexibility index (Phi) is 19.9. The molecule has 1 aliphatic heterocycles. The molecular weight excluding hydrogens is 541 g/mol. The molecule has 32 heavy (non-hydrogen) atoms. The second kappa shape index (κ2) is 16.1. The van der Waals surface area contributed by atoms with E-state index >= 15 is 0 Å². The van der Waals surface area contributed by atoms with Crippen LogP contribution in [0.15, 0.2) is 15.8 Å². The number of hydrogen-bond donors (Lipinski definition) is 1. The quantitative estimate of drug-likeness (QED) is 0.232. The molecule has 2 unspecified atom stereocenters. The number of aryl methyl sites for hydroxylation is 1. The van der Waals surface area contributed by atoms with E-state index in [1.807, 2.05) is 0 Å². The molecular formula is C10H13N2Na4O13P3. The van der Waals surface area contributed by atoms with Crippen LogP contribution in [0.2, 0.25) is 0 Å². The van der Waals surface area contributed by atoms with Crippen molar-refractivity contribution in [1.82, 2.24) is 9.55 Å². The van der Waals surface area contributed by atoms with Crippen molar-refractivity contribution in [3.8, 4) is 0 Å². The van der Waals surface area contributed by atoms with E-state index < -0.39 is 53.7 Å². The van der Waals surface area contributed by atoms with Crippen LogP contribution in [0.25, 0.3) is 0 Å². The molecule has 2 heterocycles. The molecule has 0 bridgehead atoms. The standard InChI is InChI=1S/C10H17N2O13P3.4Na/c1-6-4-12(10(14)11-9(6)13)8-3-2-7(23-8)5-22-27(18,19)25-28(20,21)24-26(15,16)17;;;;/h4,7-8H,2-3,5H2,1H3,(H,18,19)(H,20,21)(H,11,13,14)(H2,15,16,17);;;;/q;4*+1/p-4/t7-,8+;;;;/m0..../s1. The summed E-state index contributed by atoms with van der Waals surface area (Å²) in [7, 11) is -17.7. The van der Waals surface area contributed by atoms with E-state index in [-0.39, 0.29) is 137 Å². The van der Waals surface area contributed by atoms with E-state index in [1.54, 1.807) is 0 Å². The fraction of sp³-hybridized carbons (Fsp3) is 0.600. The molecule has 0 aliphatic carbocycles. The predicted molar refractivity (Wildman–Crippen MR) is 80.1 cm³/mol. The van der Waals surface area contributed by atoms with Crippen molar-refractivity contribution in [3.05, 3.63) is 32.6 Å². The summed E-state index contributed by atoms with van der Waals surface area (Å²) in [6, 6.07) is 0. The van der Waals surface area contributed by atoms with Crippen molar-refractivity contribution in [1.29, 1.82) is 0 Å². The van der Waals surface area contributed by atoms with Crippen molar-refractivity contribution < 1.29 is 169 Å². The fourth-order valence-electron chi connectivity index (χ4n) is 2.27. The summed E-state index contributed by atoms with van der Waals surface area (Å²) in [6.45, 7) is 0.724. The van der Waals surface area contributed by atoms with Gasteiger partial charge in [0.1, 0.15) is 6.23 Å². The Morgan fingerprint density at radius 3 is 2.12 bits per heavy atom. The van der Waals surface area contributed by atoms with Gasteiger partial charge in [-0.1, -0.05) is 0 Å². The molecule has 0 radical (unpaired) electrons. The Hall–Kier alpha value is 3.05. The Morgan fingerprint density at radius 2 is 1.59 bits per heavy atom. The third kappa shape index (κ3) is 13.6. The summed E-state index contributed by atoms with van der Waals surface area (Å²) in [5.41, 5.74) is -1.08. The van der Waals surface area contributed by atoms with Gasteiger partial charge in [-0.2, -0.15) is 0 Å². The zero-order chi connectivity index (χ0) is 21.3. The molecule has 1 saturated heterocycles. The van der Waals surface area contributed by atoms with E-state index in [2.05, 4.69) is 18.1 Å². The molecule has 1 aromatic rings. The molecule has 2 rings (SSSR count). The van der Waals surface area contributed by atoms with Crippen molar-refractivity contribution in [2.75, 3.05) is 6.61 Å². The maximum atomic E-state index is 11.8. The molecule has 1 aliphatic rings. The van der Waals surface area contributed by atoms with Crippen LogP contribution in [0.3, 0.4) is 0 Å². The van der Waals surface area contributed by atoms with Crippen LogP contribution in [0.5, 0.6) is 0 Å². The summed E-state index contributed by atoms with van der Waals surface area (Å²) in [6.07, 6.45) is -0.0677. The summed E-state index contributed by atoms with van der Waals surface area (Å²) in [5.74, 6) is 0. The van der Waals surface area contributed by atoms with Crippen molar-refractivity contribution in [2.45, 2.75) is 32.1 Å². The molecule has 0 saturated carbocycles. The van der Waals surface area contributed by atoms with Crippen molar-refractivity contribution in [2.24, 2.45) is 0 Å². The third-order valence-electron chi connectivity index (χ3n) is 3.36. The molecule has 22 heteroatoms. The van der Waals surface area contributed by atoms with E-state index in [9.17, 15) is 42.9 Å². The topological polar surface area (TPSA) is 235 Å². The maximum absolute atomic E-state index is 11.8. The molecule has 15 nitrogen and oxygen atoms in total. The molecule has 4 atom stereocenters. The number of nitrogens with zero attached hydrogens (tertiary/aromatic N) is 1. The molecule has 0 spiro atoms. The molecule has 0 amide bonds. The van der Waals surface area contributed by atoms with Crippen LogP contribution >= 0.6 is 23.5 Å². The molecule has 1 fully saturated rings. The minimum absolute atomic E-state index is 0. The first-order valence-electron chi connectivity index (χ1n) is 7.36. The van der Waals surface area contributed by atoms with Gasteiger partial charge in [-0.3, -0.25) is 27.8 Å². The Morgan fingerprint density at radius 1 is 1.03 bits per heavy atom. The van der Waals surface area contributed by atoms with E-state index in [0.717, 1.165) is 4.57 Å². The molecule has 1 aromatic heterocycles. The number of hydrogen-bond acceptors (Lipinski definition) is 13. The maximum Gasteiger partial charge on any atom is 1.00 e. The Bertz CT molecular complexity index is 997. The second-order valence-electron chi connectivity index (χ2n) is 5.57. The molecule has 0 aromatic carbocycles. The summed E-state index contributed by atoms with van der Waals surface area (Å²) in [4.78, 5) is 68.2. The summed E-state index contributed by atoms with van der Waals surface area (Å²) in [5, 5.41) is 0. The van der Waals surface area contributed by atoms with Gasteiger partial charge in [0.05, 0.1) is 20.5 Å². The fourth-order valence-corrected chi connectivity index (χ4v) is 5.16. The minimum atomic E-state index is -6.07. The largest absolute Gasteiger partial charge is 1.00 e. The number of phosphoric ester groups is 1. The van der Waals surface area contributed by atoms with Gasteiger partial charge in [0, 0.05) is 11.8 Å². The normalized spacial score (nSPS) is 21.5. The number of H-pyrrole nitrogens is 1. The van der Waals surface area contributed by atoms with Crippen LogP contribution in [0, 0.1) is 6.92 Å². The van der Waals surface area contributed by atoms with Crippen LogP contribution in [-0.4, -0.2) is 22.3 Å². The minimum Gasteiger partial charge on any atom is -0.790 e. The number of ether oxygens (including phenoxy) is 1. The van der Waals surface area contributed by atoms with E-state index in [0.29, 0.717) is 0 Å². The van der Waals surface area contributed by atoms with Gasteiger partial charge in [-0.25, -0.2) is 9.11 Å². The number of nitrogens with one attached hydrogen (secondary N) is 1. The van der Waals surface area contributed by atoms with Gasteiger partial charge in [0.25, 0.3) is 21.2 Å². The average Bonchev–Trinajstić information content (AvgIpc) is 2.94. The average molecular weight is 554 g/mol. The zero-order valence-corrected chi connectivity index (χ0v) is 28.6. The first-order valence-corrected chi connectivity index (χ1v) is 11.7. The van der Waals surface area contributed by atoms with Crippen LogP contribution < -0.4 is 149 Å². The molecule has 160 valence electrons. The Labute approximate surface area is 270 Å². The number of aromatic amines is 1. The van der Waals surface area contributed by atoms with Crippen molar-refractivity contribution in [3.63, 3.8) is 0 Å².